The van der Waals surface area contributed by atoms with Crippen LogP contribution in [0.2, 0.25) is 0 Å². The minimum absolute atomic E-state index is 0.490. The third-order valence-corrected chi connectivity index (χ3v) is 4.92. The van der Waals surface area contributed by atoms with E-state index in [2.05, 4.69) is 38.2 Å². The Morgan fingerprint density at radius 2 is 2.00 bits per heavy atom. The topological polar surface area (TPSA) is 21.3 Å². The molecule has 0 aliphatic heterocycles. The first kappa shape index (κ1) is 15.4. The first-order valence-electron chi connectivity index (χ1n) is 7.99. The Balaban J connectivity index is 1.93. The van der Waals surface area contributed by atoms with Crippen LogP contribution in [0.1, 0.15) is 45.6 Å². The van der Waals surface area contributed by atoms with Crippen molar-refractivity contribution >= 4 is 0 Å². The minimum atomic E-state index is 0.490. The summed E-state index contributed by atoms with van der Waals surface area (Å²) in [4.78, 5) is 0. The number of rotatable bonds is 5. The van der Waals surface area contributed by atoms with Gasteiger partial charge in [-0.25, -0.2) is 0 Å². The van der Waals surface area contributed by atoms with Crippen molar-refractivity contribution in [1.29, 1.82) is 0 Å². The molecule has 1 aliphatic rings. The highest BCUT2D eigenvalue weighted by Gasteiger charge is 2.27. The predicted molar refractivity (Wildman–Crippen MR) is 85.3 cm³/mol. The summed E-state index contributed by atoms with van der Waals surface area (Å²) in [7, 11) is 1.75. The summed E-state index contributed by atoms with van der Waals surface area (Å²) < 4.78 is 5.45. The summed E-state index contributed by atoms with van der Waals surface area (Å²) in [5.74, 6) is 2.63. The lowest BCUT2D eigenvalue weighted by Crippen LogP contribution is -2.45. The maximum atomic E-state index is 5.45. The Labute approximate surface area is 123 Å². The zero-order valence-corrected chi connectivity index (χ0v) is 13.4. The summed E-state index contributed by atoms with van der Waals surface area (Å²) in [5.41, 5.74) is 1.30. The quantitative estimate of drug-likeness (QED) is 0.875. The number of ether oxygens (including phenoxy) is 1. The third kappa shape index (κ3) is 3.76. The number of hydrogen-bond acceptors (Lipinski definition) is 2. The van der Waals surface area contributed by atoms with Crippen LogP contribution < -0.4 is 10.1 Å². The normalized spacial score (nSPS) is 28.1. The molecule has 1 saturated carbocycles. The summed E-state index contributed by atoms with van der Waals surface area (Å²) >= 11 is 0. The standard InChI is InChI=1S/C18H29NO/c1-13-8-7-10-17(15(13)3)19-14(2)12-16-9-5-6-11-18(16)20-4/h5-6,9,11,13-15,17,19H,7-8,10,12H2,1-4H3. The average molecular weight is 275 g/mol. The molecule has 20 heavy (non-hydrogen) atoms. The van der Waals surface area contributed by atoms with E-state index in [1.165, 1.54) is 24.8 Å². The third-order valence-electron chi connectivity index (χ3n) is 4.92. The van der Waals surface area contributed by atoms with Crippen LogP contribution in [-0.4, -0.2) is 19.2 Å². The molecule has 2 rings (SSSR count). The monoisotopic (exact) mass is 275 g/mol. The van der Waals surface area contributed by atoms with Crippen LogP contribution in [0, 0.1) is 11.8 Å². The largest absolute Gasteiger partial charge is 0.496 e. The molecule has 0 radical (unpaired) electrons. The molecule has 0 saturated heterocycles. The lowest BCUT2D eigenvalue weighted by atomic mass is 9.77. The van der Waals surface area contributed by atoms with Crippen LogP contribution >= 0.6 is 0 Å². The van der Waals surface area contributed by atoms with Gasteiger partial charge in [0, 0.05) is 12.1 Å². The molecule has 2 nitrogen and oxygen atoms in total. The molecule has 0 heterocycles. The van der Waals surface area contributed by atoms with Crippen molar-refractivity contribution in [2.45, 2.75) is 58.5 Å². The van der Waals surface area contributed by atoms with E-state index in [4.69, 9.17) is 4.74 Å². The highest BCUT2D eigenvalue weighted by atomic mass is 16.5. The van der Waals surface area contributed by atoms with E-state index < -0.39 is 0 Å². The second-order valence-electron chi connectivity index (χ2n) is 6.46. The van der Waals surface area contributed by atoms with Crippen LogP contribution in [0.5, 0.6) is 5.75 Å². The summed E-state index contributed by atoms with van der Waals surface area (Å²) in [6.07, 6.45) is 5.11. The molecule has 1 aromatic carbocycles. The molecule has 0 spiro atoms. The van der Waals surface area contributed by atoms with Gasteiger partial charge in [0.2, 0.25) is 0 Å². The zero-order valence-electron chi connectivity index (χ0n) is 13.4. The average Bonchev–Trinajstić information content (AvgIpc) is 2.44. The molecule has 0 bridgehead atoms. The fourth-order valence-corrected chi connectivity index (χ4v) is 3.44. The van der Waals surface area contributed by atoms with Crippen LogP contribution in [0.25, 0.3) is 0 Å². The Kier molecular flexibility index (Phi) is 5.47. The molecule has 1 aromatic rings. The first-order chi connectivity index (χ1) is 9.61. The van der Waals surface area contributed by atoms with Gasteiger partial charge in [-0.2, -0.15) is 0 Å². The smallest absolute Gasteiger partial charge is 0.122 e. The Morgan fingerprint density at radius 1 is 1.25 bits per heavy atom. The summed E-state index contributed by atoms with van der Waals surface area (Å²) in [6.45, 7) is 7.08. The van der Waals surface area contributed by atoms with Gasteiger partial charge in [-0.15, -0.1) is 0 Å². The van der Waals surface area contributed by atoms with Gasteiger partial charge in [0.15, 0.2) is 0 Å². The highest BCUT2D eigenvalue weighted by molar-refractivity contribution is 5.33. The van der Waals surface area contributed by atoms with Gasteiger partial charge in [0.25, 0.3) is 0 Å². The van der Waals surface area contributed by atoms with E-state index in [1.807, 2.05) is 12.1 Å². The van der Waals surface area contributed by atoms with Crippen LogP contribution in [0.4, 0.5) is 0 Å². The van der Waals surface area contributed by atoms with E-state index in [0.29, 0.717) is 12.1 Å². The van der Waals surface area contributed by atoms with Gasteiger partial charge in [-0.05, 0) is 43.2 Å². The fraction of sp³-hybridized carbons (Fsp3) is 0.667. The molecule has 0 amide bonds. The Bertz CT molecular complexity index is 418. The SMILES string of the molecule is COc1ccccc1CC(C)NC1CCCC(C)C1C. The molecule has 2 heteroatoms. The lowest BCUT2D eigenvalue weighted by Gasteiger charge is -2.36. The van der Waals surface area contributed by atoms with E-state index in [1.54, 1.807) is 7.11 Å². The second-order valence-corrected chi connectivity index (χ2v) is 6.46. The van der Waals surface area contributed by atoms with Crippen LogP contribution in [0.15, 0.2) is 24.3 Å². The number of benzene rings is 1. The molecule has 1 aliphatic carbocycles. The molecule has 1 fully saturated rings. The van der Waals surface area contributed by atoms with Gasteiger partial charge in [-0.1, -0.05) is 44.9 Å². The number of para-hydroxylation sites is 1. The van der Waals surface area contributed by atoms with Crippen LogP contribution in [0.3, 0.4) is 0 Å². The number of nitrogens with one attached hydrogen (secondary N) is 1. The van der Waals surface area contributed by atoms with Crippen molar-refractivity contribution in [2.24, 2.45) is 11.8 Å². The Morgan fingerprint density at radius 3 is 2.75 bits per heavy atom. The van der Waals surface area contributed by atoms with Crippen LogP contribution in [-0.2, 0) is 6.42 Å². The molecule has 4 atom stereocenters. The van der Waals surface area contributed by atoms with Crippen molar-refractivity contribution < 1.29 is 4.74 Å². The fourth-order valence-electron chi connectivity index (χ4n) is 3.44. The lowest BCUT2D eigenvalue weighted by molar-refractivity contribution is 0.195. The molecular formula is C18H29NO. The molecule has 4 unspecified atom stereocenters. The van der Waals surface area contributed by atoms with E-state index in [9.17, 15) is 0 Å². The van der Waals surface area contributed by atoms with Crippen molar-refractivity contribution in [1.82, 2.24) is 5.32 Å². The van der Waals surface area contributed by atoms with Gasteiger partial charge in [0.05, 0.1) is 7.11 Å². The van der Waals surface area contributed by atoms with Gasteiger partial charge in [-0.3, -0.25) is 0 Å². The van der Waals surface area contributed by atoms with Crippen molar-refractivity contribution in [3.63, 3.8) is 0 Å². The van der Waals surface area contributed by atoms with Crippen molar-refractivity contribution in [3.05, 3.63) is 29.8 Å². The maximum absolute atomic E-state index is 5.45. The van der Waals surface area contributed by atoms with E-state index in [0.717, 1.165) is 24.0 Å². The van der Waals surface area contributed by atoms with Crippen molar-refractivity contribution in [2.75, 3.05) is 7.11 Å². The molecule has 0 aromatic heterocycles. The van der Waals surface area contributed by atoms with E-state index in [-0.39, 0.29) is 0 Å². The first-order valence-corrected chi connectivity index (χ1v) is 7.99. The molecule has 112 valence electrons. The summed E-state index contributed by atoms with van der Waals surface area (Å²) in [6, 6.07) is 9.51. The summed E-state index contributed by atoms with van der Waals surface area (Å²) in [5, 5.41) is 3.84. The van der Waals surface area contributed by atoms with Gasteiger partial charge >= 0.3 is 0 Å². The number of methoxy groups -OCH3 is 1. The number of hydrogen-bond donors (Lipinski definition) is 1. The van der Waals surface area contributed by atoms with E-state index >= 15 is 0 Å². The van der Waals surface area contributed by atoms with Crippen molar-refractivity contribution in [3.8, 4) is 5.75 Å². The van der Waals surface area contributed by atoms with Gasteiger partial charge in [0.1, 0.15) is 5.75 Å². The second kappa shape index (κ2) is 7.12. The maximum Gasteiger partial charge on any atom is 0.122 e. The predicted octanol–water partition coefficient (Wildman–Crippen LogP) is 4.04. The minimum Gasteiger partial charge on any atom is -0.496 e. The Hall–Kier alpha value is -1.02. The highest BCUT2D eigenvalue weighted by Crippen LogP contribution is 2.30. The van der Waals surface area contributed by atoms with Gasteiger partial charge < -0.3 is 10.1 Å². The zero-order chi connectivity index (χ0) is 14.5. The molecular weight excluding hydrogens is 246 g/mol. The molecule has 1 N–H and O–H groups in total.